The zero-order valence-electron chi connectivity index (χ0n) is 13.3. The van der Waals surface area contributed by atoms with Gasteiger partial charge < -0.3 is 0 Å². The molecule has 0 unspecified atom stereocenters. The average Bonchev–Trinajstić information content (AvgIpc) is 2.47. The molecule has 0 atom stereocenters. The van der Waals surface area contributed by atoms with Crippen LogP contribution in [0.1, 0.15) is 55.9 Å². The average molecular weight is 276 g/mol. The van der Waals surface area contributed by atoms with Crippen LogP contribution >= 0.6 is 0 Å². The van der Waals surface area contributed by atoms with Crippen molar-refractivity contribution in [2.24, 2.45) is 0 Å². The lowest BCUT2D eigenvalue weighted by molar-refractivity contribution is 0.432. The molecule has 0 amide bonds. The van der Waals surface area contributed by atoms with Gasteiger partial charge in [0.1, 0.15) is 0 Å². The van der Waals surface area contributed by atoms with E-state index < -0.39 is 0 Å². The molecule has 0 aromatic heterocycles. The number of aryl methyl sites for hydroxylation is 1. The molecule has 2 aromatic rings. The predicted octanol–water partition coefficient (Wildman–Crippen LogP) is 5.86. The highest BCUT2D eigenvalue weighted by Crippen LogP contribution is 2.37. The lowest BCUT2D eigenvalue weighted by Crippen LogP contribution is -2.23. The second-order valence-corrected chi connectivity index (χ2v) is 6.85. The quantitative estimate of drug-likeness (QED) is 0.602. The molecule has 0 heterocycles. The summed E-state index contributed by atoms with van der Waals surface area (Å²) < 4.78 is 0. The van der Waals surface area contributed by atoms with Crippen molar-refractivity contribution < 1.29 is 0 Å². The van der Waals surface area contributed by atoms with Crippen molar-refractivity contribution in [3.05, 3.63) is 70.8 Å². The fraction of sp³-hybridized carbons (Fsp3) is 0.333. The van der Waals surface area contributed by atoms with Gasteiger partial charge >= 0.3 is 0 Å². The molecular formula is C21H24. The third kappa shape index (κ3) is 2.95. The van der Waals surface area contributed by atoms with E-state index in [0.29, 0.717) is 5.41 Å². The van der Waals surface area contributed by atoms with E-state index in [1.54, 1.807) is 11.1 Å². The first-order valence-electron chi connectivity index (χ1n) is 7.93. The largest absolute Gasteiger partial charge is 0.0622 e. The smallest absolute Gasteiger partial charge is 0.0101 e. The van der Waals surface area contributed by atoms with Crippen LogP contribution in [-0.2, 0) is 11.8 Å². The van der Waals surface area contributed by atoms with Crippen molar-refractivity contribution in [1.82, 2.24) is 0 Å². The van der Waals surface area contributed by atoms with Gasteiger partial charge in [-0.2, -0.15) is 0 Å². The molecule has 108 valence electrons. The first-order chi connectivity index (χ1) is 10.1. The fourth-order valence-electron chi connectivity index (χ4n) is 3.44. The molecule has 0 N–H and O–H groups in total. The first kappa shape index (κ1) is 14.1. The number of allylic oxidation sites excluding steroid dienone is 1. The van der Waals surface area contributed by atoms with Crippen molar-refractivity contribution in [3.63, 3.8) is 0 Å². The minimum atomic E-state index is 0.336. The Kier molecular flexibility index (Phi) is 3.71. The molecule has 0 heteroatoms. The summed E-state index contributed by atoms with van der Waals surface area (Å²) in [5, 5.41) is 0. The second-order valence-electron chi connectivity index (χ2n) is 6.85. The number of fused-ring (bicyclic) bond motifs is 1. The first-order valence-corrected chi connectivity index (χ1v) is 7.93. The fourth-order valence-corrected chi connectivity index (χ4v) is 3.44. The van der Waals surface area contributed by atoms with Crippen molar-refractivity contribution in [1.29, 1.82) is 0 Å². The van der Waals surface area contributed by atoms with Gasteiger partial charge in [0, 0.05) is 0 Å². The van der Waals surface area contributed by atoms with E-state index in [1.807, 2.05) is 0 Å². The lowest BCUT2D eigenvalue weighted by Gasteiger charge is -2.32. The second kappa shape index (κ2) is 5.52. The summed E-state index contributed by atoms with van der Waals surface area (Å²) in [5.41, 5.74) is 7.40. The van der Waals surface area contributed by atoms with Gasteiger partial charge in [-0.05, 0) is 59.4 Å². The van der Waals surface area contributed by atoms with Crippen LogP contribution in [0.25, 0.3) is 11.6 Å². The summed E-state index contributed by atoms with van der Waals surface area (Å²) in [5.74, 6) is 0. The van der Waals surface area contributed by atoms with Crippen LogP contribution in [-0.4, -0.2) is 0 Å². The van der Waals surface area contributed by atoms with Crippen LogP contribution in [0, 0.1) is 0 Å². The minimum Gasteiger partial charge on any atom is -0.0622 e. The maximum absolute atomic E-state index is 2.41. The predicted molar refractivity (Wildman–Crippen MR) is 92.4 cm³/mol. The van der Waals surface area contributed by atoms with Gasteiger partial charge in [-0.15, -0.1) is 0 Å². The number of benzene rings is 2. The molecule has 0 aliphatic heterocycles. The van der Waals surface area contributed by atoms with Gasteiger partial charge in [-0.3, -0.25) is 0 Å². The van der Waals surface area contributed by atoms with E-state index >= 15 is 0 Å². The molecule has 0 saturated heterocycles. The van der Waals surface area contributed by atoms with Crippen LogP contribution in [0.5, 0.6) is 0 Å². The molecular weight excluding hydrogens is 252 g/mol. The molecule has 0 saturated carbocycles. The summed E-state index contributed by atoms with van der Waals surface area (Å²) in [4.78, 5) is 0. The Balaban J connectivity index is 1.96. The monoisotopic (exact) mass is 276 g/mol. The maximum Gasteiger partial charge on any atom is -0.0101 e. The highest BCUT2D eigenvalue weighted by molar-refractivity contribution is 5.80. The van der Waals surface area contributed by atoms with Gasteiger partial charge in [0.15, 0.2) is 0 Å². The van der Waals surface area contributed by atoms with Crippen LogP contribution in [0.15, 0.2) is 48.5 Å². The lowest BCUT2D eigenvalue weighted by atomic mass is 9.72. The van der Waals surface area contributed by atoms with Gasteiger partial charge in [0.25, 0.3) is 0 Å². The van der Waals surface area contributed by atoms with E-state index in [2.05, 4.69) is 75.4 Å². The Hall–Kier alpha value is -1.82. The van der Waals surface area contributed by atoms with Gasteiger partial charge in [-0.1, -0.05) is 68.5 Å². The van der Waals surface area contributed by atoms with Gasteiger partial charge in [0.05, 0.1) is 0 Å². The molecule has 2 aromatic carbocycles. The van der Waals surface area contributed by atoms with Crippen LogP contribution in [0.2, 0.25) is 0 Å². The molecule has 3 rings (SSSR count). The van der Waals surface area contributed by atoms with Crippen molar-refractivity contribution >= 4 is 11.6 Å². The standard InChI is InChI=1S/C21H24/c1-16(14-17-8-5-4-6-9-17)18-11-12-20-19(15-18)10-7-13-21(20,2)3/h4-6,8-9,11-12,14-15H,7,10,13H2,1-3H3. The van der Waals surface area contributed by atoms with Crippen molar-refractivity contribution in [2.75, 3.05) is 0 Å². The Morgan fingerprint density at radius 2 is 1.81 bits per heavy atom. The third-order valence-corrected chi connectivity index (χ3v) is 4.72. The molecule has 0 fully saturated rings. The molecule has 0 spiro atoms. The van der Waals surface area contributed by atoms with E-state index in [0.717, 1.165) is 0 Å². The SMILES string of the molecule is CC(=Cc1ccccc1)c1ccc2c(c1)CCCC2(C)C. The number of hydrogen-bond acceptors (Lipinski definition) is 0. The number of hydrogen-bond donors (Lipinski definition) is 0. The highest BCUT2D eigenvalue weighted by atomic mass is 14.3. The zero-order valence-corrected chi connectivity index (χ0v) is 13.3. The van der Waals surface area contributed by atoms with Crippen molar-refractivity contribution in [3.8, 4) is 0 Å². The minimum absolute atomic E-state index is 0.336. The maximum atomic E-state index is 2.41. The third-order valence-electron chi connectivity index (χ3n) is 4.72. The molecule has 0 nitrogen and oxygen atoms in total. The number of rotatable bonds is 2. The Bertz CT molecular complexity index is 660. The van der Waals surface area contributed by atoms with Gasteiger partial charge in [0.2, 0.25) is 0 Å². The summed E-state index contributed by atoms with van der Waals surface area (Å²) in [7, 11) is 0. The Morgan fingerprint density at radius 3 is 2.57 bits per heavy atom. The molecule has 1 aliphatic rings. The van der Waals surface area contributed by atoms with E-state index in [-0.39, 0.29) is 0 Å². The highest BCUT2D eigenvalue weighted by Gasteiger charge is 2.27. The normalized spacial score (nSPS) is 17.4. The zero-order chi connectivity index (χ0) is 14.9. The van der Waals surface area contributed by atoms with Gasteiger partial charge in [-0.25, -0.2) is 0 Å². The molecule has 0 bridgehead atoms. The molecule has 21 heavy (non-hydrogen) atoms. The van der Waals surface area contributed by atoms with Crippen LogP contribution in [0.4, 0.5) is 0 Å². The molecule has 1 aliphatic carbocycles. The summed E-state index contributed by atoms with van der Waals surface area (Å²) in [6.45, 7) is 6.96. The topological polar surface area (TPSA) is 0 Å². The summed E-state index contributed by atoms with van der Waals surface area (Å²) in [6, 6.07) is 17.6. The van der Waals surface area contributed by atoms with E-state index in [1.165, 1.54) is 36.0 Å². The van der Waals surface area contributed by atoms with Crippen LogP contribution < -0.4 is 0 Å². The van der Waals surface area contributed by atoms with Crippen LogP contribution in [0.3, 0.4) is 0 Å². The van der Waals surface area contributed by atoms with Crippen molar-refractivity contribution in [2.45, 2.75) is 45.4 Å². The Labute approximate surface area is 128 Å². The Morgan fingerprint density at radius 1 is 1.05 bits per heavy atom. The summed E-state index contributed by atoms with van der Waals surface area (Å²) >= 11 is 0. The molecule has 0 radical (unpaired) electrons. The van der Waals surface area contributed by atoms with E-state index in [4.69, 9.17) is 0 Å². The van der Waals surface area contributed by atoms with E-state index in [9.17, 15) is 0 Å². The summed E-state index contributed by atoms with van der Waals surface area (Å²) in [6.07, 6.45) is 6.12.